The second kappa shape index (κ2) is 8.78. The lowest BCUT2D eigenvalue weighted by molar-refractivity contribution is -0.132. The third kappa shape index (κ3) is 5.41. The van der Waals surface area contributed by atoms with Crippen LogP contribution in [0.5, 0.6) is 0 Å². The number of nitrogens with one attached hydrogen (secondary N) is 2. The van der Waals surface area contributed by atoms with Crippen LogP contribution in [-0.4, -0.2) is 49.5 Å². The predicted molar refractivity (Wildman–Crippen MR) is 94.5 cm³/mol. The van der Waals surface area contributed by atoms with Crippen molar-refractivity contribution in [3.63, 3.8) is 0 Å². The van der Waals surface area contributed by atoms with E-state index >= 15 is 0 Å². The molecule has 0 bridgehead atoms. The molecular weight excluding hydrogens is 326 g/mol. The molecule has 138 valence electrons. The molecular formula is C18H26F2N4O. The Labute approximate surface area is 147 Å². The number of likely N-dealkylation sites (tertiary alicyclic amines) is 1. The maximum absolute atomic E-state index is 13.4. The van der Waals surface area contributed by atoms with Gasteiger partial charge in [-0.2, -0.15) is 0 Å². The zero-order valence-electron chi connectivity index (χ0n) is 15.0. The molecule has 1 fully saturated rings. The molecule has 0 aromatic heterocycles. The Bertz CT molecular complexity index is 636. The average Bonchev–Trinajstić information content (AvgIpc) is 2.58. The van der Waals surface area contributed by atoms with Crippen molar-refractivity contribution in [1.82, 2.24) is 15.5 Å². The number of hydrogen-bond donors (Lipinski definition) is 2. The van der Waals surface area contributed by atoms with Crippen LogP contribution < -0.4 is 10.6 Å². The number of nitrogens with zero attached hydrogens (tertiary/aromatic N) is 2. The number of guanidine groups is 1. The summed E-state index contributed by atoms with van der Waals surface area (Å²) in [5, 5.41) is 6.53. The van der Waals surface area contributed by atoms with E-state index in [4.69, 9.17) is 0 Å². The molecule has 25 heavy (non-hydrogen) atoms. The van der Waals surface area contributed by atoms with E-state index in [0.717, 1.165) is 12.5 Å². The molecule has 2 rings (SSSR count). The molecule has 1 aliphatic rings. The van der Waals surface area contributed by atoms with Gasteiger partial charge >= 0.3 is 0 Å². The normalized spacial score (nSPS) is 19.7. The van der Waals surface area contributed by atoms with Crippen LogP contribution in [-0.2, 0) is 4.79 Å². The minimum atomic E-state index is -0.842. The molecule has 1 aromatic rings. The molecule has 1 aliphatic heterocycles. The summed E-state index contributed by atoms with van der Waals surface area (Å²) in [5.74, 6) is -0.892. The third-order valence-electron chi connectivity index (χ3n) is 4.35. The summed E-state index contributed by atoms with van der Waals surface area (Å²) in [5.41, 5.74) is 0.710. The molecule has 1 saturated heterocycles. The molecule has 0 aliphatic carbocycles. The summed E-state index contributed by atoms with van der Waals surface area (Å²) in [4.78, 5) is 17.8. The van der Waals surface area contributed by atoms with E-state index in [1.54, 1.807) is 18.0 Å². The number of aliphatic imine (C=N–C) groups is 1. The molecule has 2 unspecified atom stereocenters. The lowest BCUT2D eigenvalue weighted by Crippen LogP contribution is -2.51. The third-order valence-corrected chi connectivity index (χ3v) is 4.35. The number of carbonyl (C=O) groups excluding carboxylic acids is 1. The van der Waals surface area contributed by atoms with E-state index in [0.29, 0.717) is 37.6 Å². The number of halogens is 2. The molecule has 5 nitrogen and oxygen atoms in total. The summed E-state index contributed by atoms with van der Waals surface area (Å²) in [6, 6.07) is 4.10. The highest BCUT2D eigenvalue weighted by Crippen LogP contribution is 2.18. The monoisotopic (exact) mass is 352 g/mol. The van der Waals surface area contributed by atoms with E-state index in [9.17, 15) is 13.6 Å². The molecule has 2 N–H and O–H groups in total. The van der Waals surface area contributed by atoms with Gasteiger partial charge in [0.1, 0.15) is 0 Å². The smallest absolute Gasteiger partial charge is 0.222 e. The highest BCUT2D eigenvalue weighted by atomic mass is 19.2. The number of hydrogen-bond acceptors (Lipinski definition) is 2. The largest absolute Gasteiger partial charge is 0.357 e. The minimum Gasteiger partial charge on any atom is -0.357 e. The number of rotatable bonds is 5. The van der Waals surface area contributed by atoms with Gasteiger partial charge in [0.2, 0.25) is 5.91 Å². The number of likely N-dealkylation sites (N-methyl/N-ethyl adjacent to an activating group) is 1. The van der Waals surface area contributed by atoms with E-state index in [1.807, 2.05) is 13.8 Å². The molecule has 1 aromatic carbocycles. The van der Waals surface area contributed by atoms with Crippen molar-refractivity contribution in [1.29, 1.82) is 0 Å². The summed E-state index contributed by atoms with van der Waals surface area (Å²) in [6.07, 6.45) is 1.30. The summed E-state index contributed by atoms with van der Waals surface area (Å²) in [7, 11) is 1.80. The Kier molecular flexibility index (Phi) is 6.73. The lowest BCUT2D eigenvalue weighted by atomic mass is 10.0. The van der Waals surface area contributed by atoms with Crippen molar-refractivity contribution in [3.05, 3.63) is 35.4 Å². The van der Waals surface area contributed by atoms with Gasteiger partial charge in [-0.05, 0) is 31.0 Å². The lowest BCUT2D eigenvalue weighted by Gasteiger charge is -2.31. The fourth-order valence-electron chi connectivity index (χ4n) is 2.80. The number of amides is 1. The first-order chi connectivity index (χ1) is 11.9. The Morgan fingerprint density at radius 3 is 2.80 bits per heavy atom. The Hall–Kier alpha value is -2.18. The van der Waals surface area contributed by atoms with Crippen molar-refractivity contribution in [3.8, 4) is 0 Å². The van der Waals surface area contributed by atoms with Gasteiger partial charge in [0, 0.05) is 45.1 Å². The highest BCUT2D eigenvalue weighted by Gasteiger charge is 2.23. The van der Waals surface area contributed by atoms with Crippen LogP contribution in [0.4, 0.5) is 8.78 Å². The predicted octanol–water partition coefficient (Wildman–Crippen LogP) is 2.24. The van der Waals surface area contributed by atoms with Crippen molar-refractivity contribution >= 4 is 11.9 Å². The second-order valence-electron chi connectivity index (χ2n) is 6.45. The van der Waals surface area contributed by atoms with E-state index in [1.165, 1.54) is 6.07 Å². The maximum atomic E-state index is 13.4. The topological polar surface area (TPSA) is 56.7 Å². The SMILES string of the molecule is CCNC(=NCC(C)c1ccc(F)c(F)c1)NC1CCC(=O)N(C)C1. The van der Waals surface area contributed by atoms with Gasteiger partial charge in [-0.25, -0.2) is 8.78 Å². The van der Waals surface area contributed by atoms with Gasteiger partial charge in [0.15, 0.2) is 17.6 Å². The van der Waals surface area contributed by atoms with Crippen LogP contribution in [0.25, 0.3) is 0 Å². The Morgan fingerprint density at radius 1 is 1.40 bits per heavy atom. The van der Waals surface area contributed by atoms with Crippen LogP contribution in [0.1, 0.15) is 38.2 Å². The minimum absolute atomic E-state index is 0.0406. The maximum Gasteiger partial charge on any atom is 0.222 e. The van der Waals surface area contributed by atoms with Crippen LogP contribution in [0.15, 0.2) is 23.2 Å². The average molecular weight is 352 g/mol. The Balaban J connectivity index is 1.98. The second-order valence-corrected chi connectivity index (χ2v) is 6.45. The van der Waals surface area contributed by atoms with Gasteiger partial charge in [-0.3, -0.25) is 9.79 Å². The summed E-state index contributed by atoms with van der Waals surface area (Å²) >= 11 is 0. The molecule has 0 spiro atoms. The van der Waals surface area contributed by atoms with Gasteiger partial charge in [-0.1, -0.05) is 13.0 Å². The Morgan fingerprint density at radius 2 is 2.16 bits per heavy atom. The van der Waals surface area contributed by atoms with E-state index < -0.39 is 11.6 Å². The van der Waals surface area contributed by atoms with Crippen LogP contribution in [0.3, 0.4) is 0 Å². The van der Waals surface area contributed by atoms with Gasteiger partial charge < -0.3 is 15.5 Å². The van der Waals surface area contributed by atoms with Crippen molar-refractivity contribution in [2.75, 3.05) is 26.7 Å². The zero-order chi connectivity index (χ0) is 18.4. The number of carbonyl (C=O) groups is 1. The first kappa shape index (κ1) is 19.1. The summed E-state index contributed by atoms with van der Waals surface area (Å²) in [6.45, 7) is 5.70. The van der Waals surface area contributed by atoms with E-state index in [-0.39, 0.29) is 17.9 Å². The molecule has 1 amide bonds. The highest BCUT2D eigenvalue weighted by molar-refractivity contribution is 5.81. The van der Waals surface area contributed by atoms with Crippen LogP contribution in [0.2, 0.25) is 0 Å². The zero-order valence-corrected chi connectivity index (χ0v) is 15.0. The molecule has 0 radical (unpaired) electrons. The quantitative estimate of drug-likeness (QED) is 0.631. The van der Waals surface area contributed by atoms with Crippen LogP contribution in [0, 0.1) is 11.6 Å². The molecule has 1 heterocycles. The van der Waals surface area contributed by atoms with Crippen molar-refractivity contribution in [2.24, 2.45) is 4.99 Å². The fraction of sp³-hybridized carbons (Fsp3) is 0.556. The standard InChI is InChI=1S/C18H26F2N4O/c1-4-21-18(23-14-6-8-17(25)24(3)11-14)22-10-12(2)13-5-7-15(19)16(20)9-13/h5,7,9,12,14H,4,6,8,10-11H2,1-3H3,(H2,21,22,23). The first-order valence-electron chi connectivity index (χ1n) is 8.64. The molecule has 2 atom stereocenters. The van der Waals surface area contributed by atoms with Gasteiger partial charge in [-0.15, -0.1) is 0 Å². The fourth-order valence-corrected chi connectivity index (χ4v) is 2.80. The van der Waals surface area contributed by atoms with Crippen molar-refractivity contribution < 1.29 is 13.6 Å². The molecule has 7 heteroatoms. The van der Waals surface area contributed by atoms with Gasteiger partial charge in [0.25, 0.3) is 0 Å². The van der Waals surface area contributed by atoms with Crippen LogP contribution >= 0.6 is 0 Å². The number of benzene rings is 1. The number of piperidine rings is 1. The van der Waals surface area contributed by atoms with Gasteiger partial charge in [0.05, 0.1) is 0 Å². The molecule has 0 saturated carbocycles. The van der Waals surface area contributed by atoms with Crippen molar-refractivity contribution in [2.45, 2.75) is 38.6 Å². The van der Waals surface area contributed by atoms with E-state index in [2.05, 4.69) is 15.6 Å². The summed E-state index contributed by atoms with van der Waals surface area (Å²) < 4.78 is 26.4. The first-order valence-corrected chi connectivity index (χ1v) is 8.64.